The van der Waals surface area contributed by atoms with Gasteiger partial charge < -0.3 is 5.32 Å². The Kier molecular flexibility index (Phi) is 6.96. The molecule has 1 aromatic carbocycles. The summed E-state index contributed by atoms with van der Waals surface area (Å²) in [6, 6.07) is 2.11. The Bertz CT molecular complexity index is 1100. The number of benzene rings is 1. The van der Waals surface area contributed by atoms with Crippen LogP contribution in [0.3, 0.4) is 0 Å². The standard InChI is InChI=1S/C19H14Cl3F6N3OS2/c20-10-5-9(6-11(21)13(10)22)17(19(26,27)28)3-4-31(34-17)16-30-14(18(23,24)25)12(33-16)7-29-15(32)8-1-2-8/h5-6,8H,1-4,7H2,(H,29,32). The van der Waals surface area contributed by atoms with Crippen molar-refractivity contribution in [3.8, 4) is 0 Å². The van der Waals surface area contributed by atoms with E-state index in [0.717, 1.165) is 16.4 Å². The van der Waals surface area contributed by atoms with Gasteiger partial charge in [-0.2, -0.15) is 26.3 Å². The van der Waals surface area contributed by atoms with Gasteiger partial charge in [0.05, 0.1) is 26.5 Å². The van der Waals surface area contributed by atoms with Crippen LogP contribution in [0.1, 0.15) is 35.4 Å². The van der Waals surface area contributed by atoms with Crippen LogP contribution in [0.5, 0.6) is 0 Å². The van der Waals surface area contributed by atoms with Crippen LogP contribution in [0.25, 0.3) is 0 Å². The van der Waals surface area contributed by atoms with Crippen LogP contribution in [-0.4, -0.2) is 23.6 Å². The molecule has 1 saturated carbocycles. The second-order valence-electron chi connectivity index (χ2n) is 7.78. The predicted octanol–water partition coefficient (Wildman–Crippen LogP) is 7.46. The molecule has 4 nitrogen and oxygen atoms in total. The number of carbonyl (C=O) groups is 1. The fourth-order valence-corrected chi connectivity index (χ4v) is 6.42. The van der Waals surface area contributed by atoms with Crippen LogP contribution < -0.4 is 9.62 Å². The number of thiazole rings is 1. The van der Waals surface area contributed by atoms with Gasteiger partial charge in [-0.25, -0.2) is 4.98 Å². The molecule has 0 radical (unpaired) electrons. The fraction of sp³-hybridized carbons (Fsp3) is 0.474. The van der Waals surface area contributed by atoms with Gasteiger partial charge in [-0.15, -0.1) is 0 Å². The SMILES string of the molecule is O=C(NCc1sc(N2CCC(c3cc(Cl)c(Cl)c(Cl)c3)(C(F)(F)F)S2)nc1C(F)(F)F)C1CC1. The summed E-state index contributed by atoms with van der Waals surface area (Å²) in [5, 5.41) is 1.76. The summed E-state index contributed by atoms with van der Waals surface area (Å²) in [5.74, 6) is -0.563. The predicted molar refractivity (Wildman–Crippen MR) is 120 cm³/mol. The molecular formula is C19H14Cl3F6N3OS2. The van der Waals surface area contributed by atoms with Gasteiger partial charge in [-0.1, -0.05) is 46.1 Å². The van der Waals surface area contributed by atoms with E-state index in [2.05, 4.69) is 10.3 Å². The van der Waals surface area contributed by atoms with Crippen LogP contribution in [0.2, 0.25) is 15.1 Å². The Morgan fingerprint density at radius 3 is 2.29 bits per heavy atom. The molecule has 4 rings (SSSR count). The smallest absolute Gasteiger partial charge is 0.351 e. The number of halogens is 9. The van der Waals surface area contributed by atoms with Gasteiger partial charge in [-0.3, -0.25) is 9.10 Å². The lowest BCUT2D eigenvalue weighted by atomic mass is 9.94. The topological polar surface area (TPSA) is 45.2 Å². The first-order valence-corrected chi connectivity index (χ1v) is 12.5. The molecule has 0 bridgehead atoms. The van der Waals surface area contributed by atoms with Crippen molar-refractivity contribution in [3.05, 3.63) is 43.3 Å². The number of hydrogen-bond acceptors (Lipinski definition) is 5. The fourth-order valence-electron chi connectivity index (χ4n) is 3.46. The lowest BCUT2D eigenvalue weighted by Crippen LogP contribution is -2.37. The van der Waals surface area contributed by atoms with Crippen LogP contribution >= 0.6 is 58.1 Å². The normalized spacial score (nSPS) is 21.3. The van der Waals surface area contributed by atoms with E-state index >= 15 is 0 Å². The maximum atomic E-state index is 14.3. The molecule has 2 aromatic rings. The third-order valence-electron chi connectivity index (χ3n) is 5.38. The first-order chi connectivity index (χ1) is 15.7. The molecule has 186 valence electrons. The van der Waals surface area contributed by atoms with Crippen molar-refractivity contribution < 1.29 is 31.1 Å². The zero-order valence-electron chi connectivity index (χ0n) is 16.8. The van der Waals surface area contributed by atoms with Gasteiger partial charge in [0.2, 0.25) is 5.91 Å². The second-order valence-corrected chi connectivity index (χ2v) is 11.4. The first-order valence-electron chi connectivity index (χ1n) is 9.76. The average molecular weight is 585 g/mol. The molecule has 15 heteroatoms. The highest BCUT2D eigenvalue weighted by atomic mass is 35.5. The van der Waals surface area contributed by atoms with E-state index in [-0.39, 0.29) is 49.0 Å². The van der Waals surface area contributed by atoms with E-state index in [1.165, 1.54) is 0 Å². The van der Waals surface area contributed by atoms with Crippen molar-refractivity contribution in [1.29, 1.82) is 0 Å². The summed E-state index contributed by atoms with van der Waals surface area (Å²) in [5.41, 5.74) is -1.50. The third-order valence-corrected chi connectivity index (χ3v) is 9.33. The minimum Gasteiger partial charge on any atom is -0.351 e. The van der Waals surface area contributed by atoms with Crippen molar-refractivity contribution >= 4 is 69.1 Å². The zero-order valence-corrected chi connectivity index (χ0v) is 20.7. The molecule has 2 aliphatic rings. The second kappa shape index (κ2) is 9.10. The van der Waals surface area contributed by atoms with Crippen molar-refractivity contribution in [2.75, 3.05) is 10.8 Å². The molecule has 2 fully saturated rings. The summed E-state index contributed by atoms with van der Waals surface area (Å²) in [6.45, 7) is -0.645. The van der Waals surface area contributed by atoms with Crippen LogP contribution in [0, 0.1) is 5.92 Å². The van der Waals surface area contributed by atoms with Crippen LogP contribution in [0.15, 0.2) is 12.1 Å². The van der Waals surface area contributed by atoms with E-state index in [0.29, 0.717) is 36.1 Å². The van der Waals surface area contributed by atoms with E-state index < -0.39 is 35.8 Å². The molecule has 1 N–H and O–H groups in total. The largest absolute Gasteiger partial charge is 0.434 e. The summed E-state index contributed by atoms with van der Waals surface area (Å²) >= 11 is 18.7. The number of rotatable bonds is 5. The van der Waals surface area contributed by atoms with Crippen molar-refractivity contribution in [2.45, 2.75) is 42.9 Å². The highest BCUT2D eigenvalue weighted by Gasteiger charge is 2.61. The van der Waals surface area contributed by atoms with Gasteiger partial charge in [-0.05, 0) is 48.9 Å². The zero-order chi connectivity index (χ0) is 25.1. The Hall–Kier alpha value is -1.08. The van der Waals surface area contributed by atoms with Gasteiger partial charge in [0, 0.05) is 12.5 Å². The van der Waals surface area contributed by atoms with E-state index in [1.54, 1.807) is 0 Å². The molecule has 1 amide bonds. The Morgan fingerprint density at radius 1 is 1.15 bits per heavy atom. The first kappa shape index (κ1) is 26.0. The number of aromatic nitrogens is 1. The highest BCUT2D eigenvalue weighted by Crippen LogP contribution is 2.59. The number of anilines is 1. The highest BCUT2D eigenvalue weighted by molar-refractivity contribution is 8.02. The lowest BCUT2D eigenvalue weighted by molar-refractivity contribution is -0.161. The Morgan fingerprint density at radius 2 is 1.76 bits per heavy atom. The number of amides is 1. The molecule has 1 saturated heterocycles. The minimum absolute atomic E-state index is 0.100. The maximum absolute atomic E-state index is 14.3. The van der Waals surface area contributed by atoms with Crippen LogP contribution in [-0.2, 0) is 22.3 Å². The average Bonchev–Trinajstić information content (AvgIpc) is 3.31. The van der Waals surface area contributed by atoms with Crippen molar-refractivity contribution in [3.63, 3.8) is 0 Å². The molecule has 1 aromatic heterocycles. The summed E-state index contributed by atoms with van der Waals surface area (Å²) in [4.78, 5) is 15.2. The molecule has 1 atom stereocenters. The quantitative estimate of drug-likeness (QED) is 0.225. The molecule has 0 spiro atoms. The maximum Gasteiger partial charge on any atom is 0.434 e. The molecule has 1 aliphatic heterocycles. The van der Waals surface area contributed by atoms with Crippen LogP contribution in [0.4, 0.5) is 31.5 Å². The molecular weight excluding hydrogens is 571 g/mol. The van der Waals surface area contributed by atoms with Gasteiger partial charge in [0.25, 0.3) is 0 Å². The lowest BCUT2D eigenvalue weighted by Gasteiger charge is -2.31. The Labute approximate surface area is 213 Å². The third kappa shape index (κ3) is 4.93. The summed E-state index contributed by atoms with van der Waals surface area (Å²) in [6.07, 6.45) is -8.76. The molecule has 2 heterocycles. The molecule has 34 heavy (non-hydrogen) atoms. The van der Waals surface area contributed by atoms with E-state index in [9.17, 15) is 31.1 Å². The summed E-state index contributed by atoms with van der Waals surface area (Å²) < 4.78 is 82.2. The molecule has 1 aliphatic carbocycles. The number of nitrogens with zero attached hydrogens (tertiary/aromatic N) is 2. The van der Waals surface area contributed by atoms with Gasteiger partial charge in [0.1, 0.15) is 0 Å². The van der Waals surface area contributed by atoms with Gasteiger partial charge in [0.15, 0.2) is 15.6 Å². The van der Waals surface area contributed by atoms with Crippen molar-refractivity contribution in [1.82, 2.24) is 10.3 Å². The number of nitrogens with one attached hydrogen (secondary N) is 1. The number of carbonyl (C=O) groups excluding carboxylic acids is 1. The monoisotopic (exact) mass is 583 g/mol. The van der Waals surface area contributed by atoms with Gasteiger partial charge >= 0.3 is 12.4 Å². The Balaban J connectivity index is 1.66. The number of hydrogen-bond donors (Lipinski definition) is 1. The van der Waals surface area contributed by atoms with Crippen molar-refractivity contribution in [2.24, 2.45) is 5.92 Å². The number of alkyl halides is 6. The van der Waals surface area contributed by atoms with E-state index in [1.807, 2.05) is 0 Å². The molecule has 1 unspecified atom stereocenters. The van der Waals surface area contributed by atoms with E-state index in [4.69, 9.17) is 34.8 Å². The minimum atomic E-state index is -4.84. The summed E-state index contributed by atoms with van der Waals surface area (Å²) in [7, 11) is 0.